The zero-order chi connectivity index (χ0) is 14.4. The quantitative estimate of drug-likeness (QED) is 0.814. The minimum atomic E-state index is 0.0830. The molecule has 0 aliphatic carbocycles. The monoisotopic (exact) mass is 259 g/mol. The van der Waals surface area contributed by atoms with E-state index in [2.05, 4.69) is 6.07 Å². The highest BCUT2D eigenvalue weighted by atomic mass is 16.2. The first-order valence-electron chi connectivity index (χ1n) is 6.53. The summed E-state index contributed by atoms with van der Waals surface area (Å²) in [5.74, 6) is 0.0830. The Morgan fingerprint density at radius 3 is 2.47 bits per heavy atom. The molecule has 0 radical (unpaired) electrons. The molecule has 1 aromatic carbocycles. The molecular weight excluding hydrogens is 238 g/mol. The standard InChI is InChI=1S/C15H21N3O/c1-5-18(6-2)14(19)11-17(4)15-12(3)8-7-9-13(15)10-16/h7-9H,5-6,11H2,1-4H3. The van der Waals surface area contributed by atoms with Gasteiger partial charge < -0.3 is 9.80 Å². The minimum absolute atomic E-state index is 0.0830. The maximum atomic E-state index is 12.1. The van der Waals surface area contributed by atoms with Gasteiger partial charge in [-0.05, 0) is 32.4 Å². The number of aryl methyl sites for hydroxylation is 1. The first kappa shape index (κ1) is 15.0. The van der Waals surface area contributed by atoms with E-state index in [1.165, 1.54) is 0 Å². The van der Waals surface area contributed by atoms with E-state index in [9.17, 15) is 4.79 Å². The molecule has 0 saturated carbocycles. The number of hydrogen-bond acceptors (Lipinski definition) is 3. The van der Waals surface area contributed by atoms with E-state index in [-0.39, 0.29) is 5.91 Å². The lowest BCUT2D eigenvalue weighted by Gasteiger charge is -2.26. The van der Waals surface area contributed by atoms with Crippen molar-refractivity contribution < 1.29 is 4.79 Å². The molecule has 0 unspecified atom stereocenters. The Kier molecular flexibility index (Phi) is 5.37. The molecule has 19 heavy (non-hydrogen) atoms. The Hall–Kier alpha value is -2.02. The average Bonchev–Trinajstić information content (AvgIpc) is 2.39. The van der Waals surface area contributed by atoms with Gasteiger partial charge in [0, 0.05) is 20.1 Å². The molecule has 1 rings (SSSR count). The van der Waals surface area contributed by atoms with Crippen LogP contribution in [0, 0.1) is 18.3 Å². The van der Waals surface area contributed by atoms with Crippen LogP contribution >= 0.6 is 0 Å². The SMILES string of the molecule is CCN(CC)C(=O)CN(C)c1c(C)cccc1C#N. The van der Waals surface area contributed by atoms with E-state index in [1.807, 2.05) is 44.9 Å². The number of nitrogens with zero attached hydrogens (tertiary/aromatic N) is 3. The molecule has 4 heteroatoms. The molecule has 0 saturated heterocycles. The molecule has 0 atom stereocenters. The fourth-order valence-corrected chi connectivity index (χ4v) is 2.21. The van der Waals surface area contributed by atoms with Gasteiger partial charge in [0.05, 0.1) is 17.8 Å². The van der Waals surface area contributed by atoms with Gasteiger partial charge in [-0.1, -0.05) is 12.1 Å². The van der Waals surface area contributed by atoms with Crippen LogP contribution in [0.4, 0.5) is 5.69 Å². The molecule has 0 aromatic heterocycles. The van der Waals surface area contributed by atoms with Crippen molar-refractivity contribution in [2.75, 3.05) is 31.6 Å². The van der Waals surface area contributed by atoms with Crippen LogP contribution in [-0.4, -0.2) is 37.5 Å². The second-order valence-electron chi connectivity index (χ2n) is 4.50. The Morgan fingerprint density at radius 1 is 1.32 bits per heavy atom. The molecular formula is C15H21N3O. The largest absolute Gasteiger partial charge is 0.364 e. The van der Waals surface area contributed by atoms with Crippen LogP contribution in [0.3, 0.4) is 0 Å². The molecule has 102 valence electrons. The van der Waals surface area contributed by atoms with Gasteiger partial charge in [0.1, 0.15) is 6.07 Å². The summed E-state index contributed by atoms with van der Waals surface area (Å²) in [6, 6.07) is 7.77. The number of rotatable bonds is 5. The topological polar surface area (TPSA) is 47.3 Å². The number of nitriles is 1. The number of carbonyl (C=O) groups is 1. The highest BCUT2D eigenvalue weighted by Gasteiger charge is 2.16. The van der Waals surface area contributed by atoms with E-state index in [0.29, 0.717) is 25.2 Å². The van der Waals surface area contributed by atoms with Gasteiger partial charge in [-0.25, -0.2) is 0 Å². The van der Waals surface area contributed by atoms with Crippen molar-refractivity contribution in [2.45, 2.75) is 20.8 Å². The number of benzene rings is 1. The summed E-state index contributed by atoms with van der Waals surface area (Å²) in [7, 11) is 1.85. The molecule has 0 bridgehead atoms. The van der Waals surface area contributed by atoms with Gasteiger partial charge in [-0.3, -0.25) is 4.79 Å². The molecule has 0 spiro atoms. The van der Waals surface area contributed by atoms with Crippen LogP contribution in [0.1, 0.15) is 25.0 Å². The van der Waals surface area contributed by atoms with Crippen molar-refractivity contribution in [3.63, 3.8) is 0 Å². The number of hydrogen-bond donors (Lipinski definition) is 0. The summed E-state index contributed by atoms with van der Waals surface area (Å²) in [6.45, 7) is 7.60. The van der Waals surface area contributed by atoms with Crippen LogP contribution < -0.4 is 4.90 Å². The Labute approximate surface area is 115 Å². The molecule has 0 aliphatic rings. The van der Waals surface area contributed by atoms with Gasteiger partial charge >= 0.3 is 0 Å². The van der Waals surface area contributed by atoms with Gasteiger partial charge in [-0.2, -0.15) is 5.26 Å². The normalized spacial score (nSPS) is 9.84. The summed E-state index contributed by atoms with van der Waals surface area (Å²) in [5, 5.41) is 9.16. The first-order valence-corrected chi connectivity index (χ1v) is 6.53. The number of likely N-dealkylation sites (N-methyl/N-ethyl adjacent to an activating group) is 2. The molecule has 0 heterocycles. The number of carbonyl (C=O) groups excluding carboxylic acids is 1. The third kappa shape index (κ3) is 3.47. The van der Waals surface area contributed by atoms with Crippen molar-refractivity contribution in [3.8, 4) is 6.07 Å². The summed E-state index contributed by atoms with van der Waals surface area (Å²) in [6.07, 6.45) is 0. The fraction of sp³-hybridized carbons (Fsp3) is 0.467. The number of amides is 1. The Balaban J connectivity index is 2.93. The minimum Gasteiger partial charge on any atom is -0.364 e. The zero-order valence-corrected chi connectivity index (χ0v) is 12.1. The van der Waals surface area contributed by atoms with E-state index in [4.69, 9.17) is 5.26 Å². The van der Waals surface area contributed by atoms with E-state index in [0.717, 1.165) is 11.3 Å². The third-order valence-corrected chi connectivity index (χ3v) is 3.23. The van der Waals surface area contributed by atoms with Crippen molar-refractivity contribution in [1.82, 2.24) is 4.90 Å². The second kappa shape index (κ2) is 6.79. The smallest absolute Gasteiger partial charge is 0.242 e. The van der Waals surface area contributed by atoms with Crippen LogP contribution in [0.2, 0.25) is 0 Å². The van der Waals surface area contributed by atoms with Crippen molar-refractivity contribution in [1.29, 1.82) is 5.26 Å². The predicted molar refractivity (Wildman–Crippen MR) is 77.1 cm³/mol. The molecule has 0 fully saturated rings. The van der Waals surface area contributed by atoms with Crippen molar-refractivity contribution in [3.05, 3.63) is 29.3 Å². The second-order valence-corrected chi connectivity index (χ2v) is 4.50. The lowest BCUT2D eigenvalue weighted by molar-refractivity contribution is -0.129. The van der Waals surface area contributed by atoms with E-state index < -0.39 is 0 Å². The Bertz CT molecular complexity index is 487. The zero-order valence-electron chi connectivity index (χ0n) is 12.1. The van der Waals surface area contributed by atoms with Crippen LogP contribution in [0.5, 0.6) is 0 Å². The first-order chi connectivity index (χ1) is 9.04. The lowest BCUT2D eigenvalue weighted by Crippen LogP contribution is -2.39. The molecule has 4 nitrogen and oxygen atoms in total. The molecule has 0 aliphatic heterocycles. The van der Waals surface area contributed by atoms with Crippen LogP contribution in [0.15, 0.2) is 18.2 Å². The summed E-state index contributed by atoms with van der Waals surface area (Å²) >= 11 is 0. The van der Waals surface area contributed by atoms with Crippen LogP contribution in [0.25, 0.3) is 0 Å². The van der Waals surface area contributed by atoms with Gasteiger partial charge in [0.25, 0.3) is 0 Å². The highest BCUT2D eigenvalue weighted by Crippen LogP contribution is 2.23. The maximum Gasteiger partial charge on any atom is 0.242 e. The van der Waals surface area contributed by atoms with Gasteiger partial charge in [0.2, 0.25) is 5.91 Å². The molecule has 0 N–H and O–H groups in total. The lowest BCUT2D eigenvalue weighted by atomic mass is 10.1. The van der Waals surface area contributed by atoms with Gasteiger partial charge in [-0.15, -0.1) is 0 Å². The summed E-state index contributed by atoms with van der Waals surface area (Å²) in [4.78, 5) is 15.7. The van der Waals surface area contributed by atoms with Gasteiger partial charge in [0.15, 0.2) is 0 Å². The number of anilines is 1. The number of para-hydroxylation sites is 1. The summed E-state index contributed by atoms with van der Waals surface area (Å²) < 4.78 is 0. The third-order valence-electron chi connectivity index (χ3n) is 3.23. The molecule has 1 aromatic rings. The highest BCUT2D eigenvalue weighted by molar-refractivity contribution is 5.82. The Morgan fingerprint density at radius 2 is 1.95 bits per heavy atom. The predicted octanol–water partition coefficient (Wildman–Crippen LogP) is 2.17. The van der Waals surface area contributed by atoms with Crippen molar-refractivity contribution >= 4 is 11.6 Å². The maximum absolute atomic E-state index is 12.1. The fourth-order valence-electron chi connectivity index (χ4n) is 2.21. The van der Waals surface area contributed by atoms with Crippen LogP contribution in [-0.2, 0) is 4.79 Å². The summed E-state index contributed by atoms with van der Waals surface area (Å²) in [5.41, 5.74) is 2.45. The average molecular weight is 259 g/mol. The van der Waals surface area contributed by atoms with E-state index >= 15 is 0 Å². The van der Waals surface area contributed by atoms with E-state index in [1.54, 1.807) is 11.0 Å². The van der Waals surface area contributed by atoms with Crippen molar-refractivity contribution in [2.24, 2.45) is 0 Å². The molecule has 1 amide bonds.